The van der Waals surface area contributed by atoms with Gasteiger partial charge in [-0.1, -0.05) is 11.6 Å². The summed E-state index contributed by atoms with van der Waals surface area (Å²) in [4.78, 5) is 14.5. The Kier molecular flexibility index (Phi) is 3.55. The van der Waals surface area contributed by atoms with Gasteiger partial charge in [0, 0.05) is 24.2 Å². The van der Waals surface area contributed by atoms with E-state index in [2.05, 4.69) is 10.5 Å². The highest BCUT2D eigenvalue weighted by Gasteiger charge is 2.36. The molecule has 1 aliphatic heterocycles. The molecule has 0 radical (unpaired) electrons. The van der Waals surface area contributed by atoms with E-state index < -0.39 is 0 Å². The summed E-state index contributed by atoms with van der Waals surface area (Å²) in [5.74, 6) is 0.410. The van der Waals surface area contributed by atoms with Crippen LogP contribution in [0.1, 0.15) is 48.2 Å². The summed E-state index contributed by atoms with van der Waals surface area (Å²) in [5, 5.41) is 7.22. The molecule has 2 fully saturated rings. The summed E-state index contributed by atoms with van der Waals surface area (Å²) >= 11 is 0. The average molecular weight is 263 g/mol. The second-order valence-electron chi connectivity index (χ2n) is 5.67. The Bertz CT molecular complexity index is 447. The lowest BCUT2D eigenvalue weighted by atomic mass is 10.0. The molecule has 1 saturated carbocycles. The molecule has 19 heavy (non-hydrogen) atoms. The summed E-state index contributed by atoms with van der Waals surface area (Å²) in [6.45, 7) is 3.73. The largest absolute Gasteiger partial charge is 0.351 e. The number of hydrogen-bond donors (Lipinski definition) is 1. The fraction of sp³-hybridized carbons (Fsp3) is 0.714. The van der Waals surface area contributed by atoms with E-state index in [1.165, 1.54) is 12.8 Å². The van der Waals surface area contributed by atoms with Gasteiger partial charge in [0.15, 0.2) is 0 Å². The van der Waals surface area contributed by atoms with E-state index in [1.54, 1.807) is 6.20 Å². The fourth-order valence-electron chi connectivity index (χ4n) is 2.73. The highest BCUT2D eigenvalue weighted by atomic mass is 16.5. The van der Waals surface area contributed by atoms with Gasteiger partial charge in [0.1, 0.15) is 0 Å². The van der Waals surface area contributed by atoms with Crippen LogP contribution in [0.15, 0.2) is 10.7 Å². The first kappa shape index (κ1) is 12.7. The van der Waals surface area contributed by atoms with E-state index in [9.17, 15) is 4.79 Å². The van der Waals surface area contributed by atoms with E-state index in [0.29, 0.717) is 17.8 Å². The molecule has 1 amide bonds. The molecule has 5 heteroatoms. The van der Waals surface area contributed by atoms with Crippen LogP contribution in [0, 0.1) is 6.92 Å². The van der Waals surface area contributed by atoms with Crippen LogP contribution in [0.25, 0.3) is 0 Å². The van der Waals surface area contributed by atoms with Crippen LogP contribution in [0.5, 0.6) is 0 Å². The van der Waals surface area contributed by atoms with E-state index in [0.717, 1.165) is 37.9 Å². The molecule has 5 nitrogen and oxygen atoms in total. The molecule has 1 aromatic rings. The maximum absolute atomic E-state index is 12.5. The molecule has 1 atom stereocenters. The number of piperidine rings is 1. The first-order valence-electron chi connectivity index (χ1n) is 7.21. The van der Waals surface area contributed by atoms with Crippen molar-refractivity contribution in [2.75, 3.05) is 13.1 Å². The number of rotatable bonds is 4. The van der Waals surface area contributed by atoms with Gasteiger partial charge in [-0.2, -0.15) is 0 Å². The Labute approximate surface area is 113 Å². The van der Waals surface area contributed by atoms with Crippen molar-refractivity contribution >= 4 is 5.91 Å². The Balaban J connectivity index is 1.70. The molecule has 1 N–H and O–H groups in total. The number of aryl methyl sites for hydroxylation is 1. The summed E-state index contributed by atoms with van der Waals surface area (Å²) in [7, 11) is 0. The van der Waals surface area contributed by atoms with Crippen LogP contribution >= 0.6 is 0 Å². The molecule has 1 saturated heterocycles. The van der Waals surface area contributed by atoms with Crippen molar-refractivity contribution in [3.05, 3.63) is 17.5 Å². The number of nitrogens with zero attached hydrogens (tertiary/aromatic N) is 2. The summed E-state index contributed by atoms with van der Waals surface area (Å²) in [6.07, 6.45) is 7.50. The zero-order chi connectivity index (χ0) is 13.2. The molecular weight excluding hydrogens is 242 g/mol. The Hall–Kier alpha value is -1.36. The van der Waals surface area contributed by atoms with Gasteiger partial charge in [0.05, 0.1) is 6.20 Å². The lowest BCUT2D eigenvalue weighted by molar-refractivity contribution is 0.0675. The van der Waals surface area contributed by atoms with Crippen LogP contribution in [0.4, 0.5) is 0 Å². The number of aromatic nitrogens is 1. The number of hydrogen-bond acceptors (Lipinski definition) is 4. The topological polar surface area (TPSA) is 58.4 Å². The minimum atomic E-state index is 0.00451. The SMILES string of the molecule is Cc1cnoc1C(=O)N(CC1CCCCN1)C1CC1. The van der Waals surface area contributed by atoms with Crippen molar-refractivity contribution in [2.45, 2.75) is 51.1 Å². The van der Waals surface area contributed by atoms with E-state index >= 15 is 0 Å². The fourth-order valence-corrected chi connectivity index (χ4v) is 2.73. The molecule has 1 aliphatic carbocycles. The average Bonchev–Trinajstić information content (AvgIpc) is 3.18. The molecule has 1 unspecified atom stereocenters. The summed E-state index contributed by atoms with van der Waals surface area (Å²) in [6, 6.07) is 0.835. The van der Waals surface area contributed by atoms with Gasteiger partial charge in [-0.3, -0.25) is 4.79 Å². The van der Waals surface area contributed by atoms with Crippen molar-refractivity contribution < 1.29 is 9.32 Å². The molecule has 0 bridgehead atoms. The van der Waals surface area contributed by atoms with Gasteiger partial charge in [-0.15, -0.1) is 0 Å². The monoisotopic (exact) mass is 263 g/mol. The van der Waals surface area contributed by atoms with E-state index in [-0.39, 0.29) is 5.91 Å². The number of amides is 1. The number of carbonyl (C=O) groups is 1. The van der Waals surface area contributed by atoms with Gasteiger partial charge < -0.3 is 14.7 Å². The second kappa shape index (κ2) is 5.33. The number of carbonyl (C=O) groups excluding carboxylic acids is 1. The van der Waals surface area contributed by atoms with Crippen molar-refractivity contribution in [3.63, 3.8) is 0 Å². The van der Waals surface area contributed by atoms with Gasteiger partial charge >= 0.3 is 0 Å². The molecule has 3 rings (SSSR count). The van der Waals surface area contributed by atoms with Crippen molar-refractivity contribution in [3.8, 4) is 0 Å². The summed E-state index contributed by atoms with van der Waals surface area (Å²) < 4.78 is 5.11. The quantitative estimate of drug-likeness (QED) is 0.898. The normalized spacial score (nSPS) is 23.3. The van der Waals surface area contributed by atoms with Gasteiger partial charge in [0.25, 0.3) is 5.91 Å². The van der Waals surface area contributed by atoms with Gasteiger partial charge in [-0.25, -0.2) is 0 Å². The number of nitrogens with one attached hydrogen (secondary N) is 1. The zero-order valence-corrected chi connectivity index (χ0v) is 11.4. The Morgan fingerprint density at radius 2 is 2.32 bits per heavy atom. The molecule has 0 spiro atoms. The van der Waals surface area contributed by atoms with Crippen LogP contribution in [-0.2, 0) is 0 Å². The minimum Gasteiger partial charge on any atom is -0.351 e. The predicted molar refractivity (Wildman–Crippen MR) is 70.9 cm³/mol. The Morgan fingerprint density at radius 3 is 2.89 bits per heavy atom. The first-order chi connectivity index (χ1) is 9.25. The van der Waals surface area contributed by atoms with Crippen molar-refractivity contribution in [1.29, 1.82) is 0 Å². The molecule has 0 aromatic carbocycles. The van der Waals surface area contributed by atoms with Crippen LogP contribution in [0.2, 0.25) is 0 Å². The highest BCUT2D eigenvalue weighted by Crippen LogP contribution is 2.29. The van der Waals surface area contributed by atoms with Crippen LogP contribution in [0.3, 0.4) is 0 Å². The first-order valence-corrected chi connectivity index (χ1v) is 7.21. The van der Waals surface area contributed by atoms with Crippen LogP contribution in [-0.4, -0.2) is 41.1 Å². The third-order valence-electron chi connectivity index (χ3n) is 4.02. The molecule has 1 aromatic heterocycles. The van der Waals surface area contributed by atoms with Gasteiger partial charge in [0.2, 0.25) is 5.76 Å². The molecular formula is C14H21N3O2. The smallest absolute Gasteiger partial charge is 0.293 e. The molecule has 2 aliphatic rings. The molecule has 104 valence electrons. The van der Waals surface area contributed by atoms with E-state index in [1.807, 2.05) is 11.8 Å². The van der Waals surface area contributed by atoms with Gasteiger partial charge in [-0.05, 0) is 39.2 Å². The van der Waals surface area contributed by atoms with E-state index in [4.69, 9.17) is 4.52 Å². The third-order valence-corrected chi connectivity index (χ3v) is 4.02. The predicted octanol–water partition coefficient (Wildman–Crippen LogP) is 1.73. The Morgan fingerprint density at radius 1 is 1.47 bits per heavy atom. The lowest BCUT2D eigenvalue weighted by Crippen LogP contribution is -2.46. The summed E-state index contributed by atoms with van der Waals surface area (Å²) in [5.41, 5.74) is 0.826. The minimum absolute atomic E-state index is 0.00451. The maximum atomic E-state index is 12.5. The van der Waals surface area contributed by atoms with Crippen molar-refractivity contribution in [1.82, 2.24) is 15.4 Å². The standard InChI is InChI=1S/C14H21N3O2/c1-10-8-16-19-13(10)14(18)17(12-5-6-12)9-11-4-2-3-7-15-11/h8,11-12,15H,2-7,9H2,1H3. The third kappa shape index (κ3) is 2.81. The van der Waals surface area contributed by atoms with Crippen molar-refractivity contribution in [2.24, 2.45) is 0 Å². The molecule has 2 heterocycles. The zero-order valence-electron chi connectivity index (χ0n) is 11.4. The highest BCUT2D eigenvalue weighted by molar-refractivity contribution is 5.93. The lowest BCUT2D eigenvalue weighted by Gasteiger charge is -2.30. The van der Waals surface area contributed by atoms with Crippen LogP contribution < -0.4 is 5.32 Å². The maximum Gasteiger partial charge on any atom is 0.293 e. The second-order valence-corrected chi connectivity index (χ2v) is 5.67.